The highest BCUT2D eigenvalue weighted by Crippen LogP contribution is 2.38. The van der Waals surface area contributed by atoms with Gasteiger partial charge in [0.15, 0.2) is 0 Å². The number of hydrogen-bond donors (Lipinski definition) is 2. The quantitative estimate of drug-likeness (QED) is 0.895. The van der Waals surface area contributed by atoms with Crippen LogP contribution in [0, 0.1) is 0 Å². The van der Waals surface area contributed by atoms with Crippen molar-refractivity contribution in [2.45, 2.75) is 12.6 Å². The molecule has 5 heteroatoms. The molecule has 2 aliphatic rings. The van der Waals surface area contributed by atoms with Gasteiger partial charge >= 0.3 is 0 Å². The van der Waals surface area contributed by atoms with Gasteiger partial charge in [0.25, 0.3) is 0 Å². The van der Waals surface area contributed by atoms with Crippen molar-refractivity contribution in [2.24, 2.45) is 4.99 Å². The Bertz CT molecular complexity index is 773. The second-order valence-electron chi connectivity index (χ2n) is 5.77. The molecular formula is C18H19N3O2. The lowest BCUT2D eigenvalue weighted by Gasteiger charge is -2.42. The van der Waals surface area contributed by atoms with E-state index in [1.165, 1.54) is 0 Å². The highest BCUT2D eigenvalue weighted by molar-refractivity contribution is 6.05. The van der Waals surface area contributed by atoms with Crippen molar-refractivity contribution >= 4 is 11.5 Å². The Balaban J connectivity index is 1.81. The fraction of sp³-hybridized carbons (Fsp3) is 0.278. The van der Waals surface area contributed by atoms with Crippen LogP contribution in [0.25, 0.3) is 0 Å². The molecule has 0 radical (unpaired) electrons. The molecule has 2 heterocycles. The van der Waals surface area contributed by atoms with Crippen LogP contribution >= 0.6 is 0 Å². The van der Waals surface area contributed by atoms with E-state index in [2.05, 4.69) is 22.3 Å². The summed E-state index contributed by atoms with van der Waals surface area (Å²) in [6.45, 7) is 1.76. The van der Waals surface area contributed by atoms with Gasteiger partial charge in [0.2, 0.25) is 0 Å². The van der Waals surface area contributed by atoms with Crippen LogP contribution in [0.3, 0.4) is 0 Å². The van der Waals surface area contributed by atoms with Gasteiger partial charge in [-0.25, -0.2) is 0 Å². The van der Waals surface area contributed by atoms with Crippen molar-refractivity contribution in [1.82, 2.24) is 4.90 Å². The number of nitrogens with zero attached hydrogens (tertiary/aromatic N) is 2. The predicted molar refractivity (Wildman–Crippen MR) is 90.2 cm³/mol. The number of methoxy groups -OCH3 is 1. The number of fused-ring (bicyclic) bond motifs is 3. The van der Waals surface area contributed by atoms with Gasteiger partial charge in [-0.3, -0.25) is 4.99 Å². The molecule has 0 saturated carbocycles. The van der Waals surface area contributed by atoms with Crippen molar-refractivity contribution in [1.29, 1.82) is 0 Å². The standard InChI is InChI=1S/C18H19N3O2/c1-23-12-7-8-14(16(22)11-12)18-20-15-6-3-2-5-13(15)17-19-9-4-10-21(17)18/h2-3,5-8,11,18,20,22H,4,9-10H2,1H3. The first kappa shape index (κ1) is 13.9. The summed E-state index contributed by atoms with van der Waals surface area (Å²) in [5.41, 5.74) is 3.00. The number of benzene rings is 2. The highest BCUT2D eigenvalue weighted by atomic mass is 16.5. The van der Waals surface area contributed by atoms with Crippen LogP contribution in [0.5, 0.6) is 11.5 Å². The van der Waals surface area contributed by atoms with Gasteiger partial charge in [-0.1, -0.05) is 12.1 Å². The van der Waals surface area contributed by atoms with Gasteiger partial charge in [-0.2, -0.15) is 0 Å². The van der Waals surface area contributed by atoms with E-state index < -0.39 is 0 Å². The molecule has 118 valence electrons. The van der Waals surface area contributed by atoms with E-state index in [0.29, 0.717) is 5.75 Å². The largest absolute Gasteiger partial charge is 0.507 e. The Morgan fingerprint density at radius 3 is 2.96 bits per heavy atom. The number of phenolic OH excluding ortho intramolecular Hbond substituents is 1. The minimum atomic E-state index is -0.130. The van der Waals surface area contributed by atoms with Crippen molar-refractivity contribution in [3.63, 3.8) is 0 Å². The maximum Gasteiger partial charge on any atom is 0.134 e. The molecule has 2 N–H and O–H groups in total. The number of aliphatic imine (C=N–C) groups is 1. The van der Waals surface area contributed by atoms with E-state index in [1.807, 2.05) is 24.3 Å². The predicted octanol–water partition coefficient (Wildman–Crippen LogP) is 2.98. The summed E-state index contributed by atoms with van der Waals surface area (Å²) in [4.78, 5) is 6.96. The summed E-state index contributed by atoms with van der Waals surface area (Å²) in [6, 6.07) is 13.6. The van der Waals surface area contributed by atoms with Crippen LogP contribution in [0.2, 0.25) is 0 Å². The van der Waals surface area contributed by atoms with E-state index in [-0.39, 0.29) is 11.9 Å². The maximum atomic E-state index is 10.4. The first-order valence-corrected chi connectivity index (χ1v) is 7.82. The van der Waals surface area contributed by atoms with Crippen molar-refractivity contribution < 1.29 is 9.84 Å². The molecule has 1 atom stereocenters. The third kappa shape index (κ3) is 2.29. The zero-order valence-electron chi connectivity index (χ0n) is 13.0. The van der Waals surface area contributed by atoms with E-state index in [0.717, 1.165) is 42.2 Å². The highest BCUT2D eigenvalue weighted by Gasteiger charge is 2.33. The van der Waals surface area contributed by atoms with Crippen molar-refractivity contribution in [3.8, 4) is 11.5 Å². The van der Waals surface area contributed by atoms with Crippen LogP contribution < -0.4 is 10.1 Å². The second-order valence-corrected chi connectivity index (χ2v) is 5.77. The molecule has 1 unspecified atom stereocenters. The topological polar surface area (TPSA) is 57.1 Å². The van der Waals surface area contributed by atoms with Crippen LogP contribution in [0.4, 0.5) is 5.69 Å². The van der Waals surface area contributed by atoms with E-state index >= 15 is 0 Å². The molecule has 0 spiro atoms. The average molecular weight is 309 g/mol. The number of amidine groups is 1. The molecule has 2 aliphatic heterocycles. The fourth-order valence-corrected chi connectivity index (χ4v) is 3.27. The molecule has 0 saturated heterocycles. The van der Waals surface area contributed by atoms with Gasteiger partial charge in [0.1, 0.15) is 23.5 Å². The maximum absolute atomic E-state index is 10.4. The summed E-state index contributed by atoms with van der Waals surface area (Å²) >= 11 is 0. The Hall–Kier alpha value is -2.69. The SMILES string of the molecule is COc1ccc(C2Nc3ccccc3C3=NCCCN32)c(O)c1. The Morgan fingerprint density at radius 1 is 1.26 bits per heavy atom. The van der Waals surface area contributed by atoms with Crippen LogP contribution in [-0.2, 0) is 0 Å². The second kappa shape index (κ2) is 5.50. The monoisotopic (exact) mass is 309 g/mol. The Kier molecular flexibility index (Phi) is 3.33. The summed E-state index contributed by atoms with van der Waals surface area (Å²) in [5.74, 6) is 1.88. The molecule has 0 aliphatic carbocycles. The fourth-order valence-electron chi connectivity index (χ4n) is 3.27. The van der Waals surface area contributed by atoms with Gasteiger partial charge in [-0.15, -0.1) is 0 Å². The molecule has 5 nitrogen and oxygen atoms in total. The van der Waals surface area contributed by atoms with E-state index in [1.54, 1.807) is 13.2 Å². The van der Waals surface area contributed by atoms with E-state index in [4.69, 9.17) is 9.73 Å². The zero-order chi connectivity index (χ0) is 15.8. The molecule has 2 aromatic carbocycles. The molecular weight excluding hydrogens is 290 g/mol. The van der Waals surface area contributed by atoms with Crippen LogP contribution in [-0.4, -0.2) is 36.0 Å². The molecule has 2 aromatic rings. The third-order valence-electron chi connectivity index (χ3n) is 4.39. The summed E-state index contributed by atoms with van der Waals surface area (Å²) in [6.07, 6.45) is 0.885. The number of rotatable bonds is 2. The number of anilines is 1. The van der Waals surface area contributed by atoms with Crippen molar-refractivity contribution in [2.75, 3.05) is 25.5 Å². The van der Waals surface area contributed by atoms with Gasteiger partial charge in [-0.05, 0) is 30.7 Å². The number of hydrogen-bond acceptors (Lipinski definition) is 5. The zero-order valence-corrected chi connectivity index (χ0v) is 13.0. The van der Waals surface area contributed by atoms with Crippen molar-refractivity contribution in [3.05, 3.63) is 53.6 Å². The lowest BCUT2D eigenvalue weighted by atomic mass is 10.0. The number of para-hydroxylation sites is 1. The summed E-state index contributed by atoms with van der Waals surface area (Å²) in [7, 11) is 1.60. The van der Waals surface area contributed by atoms with Crippen LogP contribution in [0.1, 0.15) is 23.7 Å². The normalized spacial score (nSPS) is 19.3. The lowest BCUT2D eigenvalue weighted by Crippen LogP contribution is -2.46. The average Bonchev–Trinajstić information content (AvgIpc) is 2.61. The molecule has 4 rings (SSSR count). The molecule has 0 bridgehead atoms. The number of ether oxygens (including phenoxy) is 1. The molecule has 23 heavy (non-hydrogen) atoms. The van der Waals surface area contributed by atoms with Gasteiger partial charge in [0.05, 0.1) is 7.11 Å². The summed E-state index contributed by atoms with van der Waals surface area (Å²) in [5, 5.41) is 14.0. The Morgan fingerprint density at radius 2 is 2.13 bits per heavy atom. The smallest absolute Gasteiger partial charge is 0.134 e. The number of nitrogens with one attached hydrogen (secondary N) is 1. The third-order valence-corrected chi connectivity index (χ3v) is 4.39. The minimum absolute atomic E-state index is 0.130. The lowest BCUT2D eigenvalue weighted by molar-refractivity contribution is 0.313. The molecule has 0 fully saturated rings. The number of aromatic hydroxyl groups is 1. The van der Waals surface area contributed by atoms with E-state index in [9.17, 15) is 5.11 Å². The molecule has 0 aromatic heterocycles. The first-order valence-electron chi connectivity index (χ1n) is 7.82. The van der Waals surface area contributed by atoms with Crippen LogP contribution in [0.15, 0.2) is 47.5 Å². The van der Waals surface area contributed by atoms with Gasteiger partial charge in [0, 0.05) is 36.0 Å². The van der Waals surface area contributed by atoms with Gasteiger partial charge < -0.3 is 20.1 Å². The molecule has 0 amide bonds. The minimum Gasteiger partial charge on any atom is -0.507 e. The first-order chi connectivity index (χ1) is 11.3. The summed E-state index contributed by atoms with van der Waals surface area (Å²) < 4.78 is 5.18. The Labute approximate surface area is 135 Å². The number of phenols is 1.